The number of carbonyl (C=O) groups is 2. The highest BCUT2D eigenvalue weighted by Crippen LogP contribution is 2.17. The van der Waals surface area contributed by atoms with Crippen LogP contribution in [-0.4, -0.2) is 33.1 Å². The average molecular weight is 374 g/mol. The zero-order chi connectivity index (χ0) is 18.7. The second-order valence-corrected chi connectivity index (χ2v) is 6.03. The van der Waals surface area contributed by atoms with Crippen LogP contribution in [0.2, 0.25) is 5.02 Å². The fraction of sp³-hybridized carbons (Fsp3) is 0.176. The molecule has 0 radical (unpaired) electrons. The first kappa shape index (κ1) is 17.7. The minimum Gasteiger partial charge on any atom is -0.382 e. The van der Waals surface area contributed by atoms with Crippen LogP contribution >= 0.6 is 11.6 Å². The maximum atomic E-state index is 12.3. The van der Waals surface area contributed by atoms with Crippen LogP contribution in [0.4, 0.5) is 11.4 Å². The van der Waals surface area contributed by atoms with Gasteiger partial charge in [-0.3, -0.25) is 9.59 Å². The third-order valence-electron chi connectivity index (χ3n) is 3.48. The molecule has 1 atom stereocenters. The van der Waals surface area contributed by atoms with Crippen molar-refractivity contribution in [1.29, 1.82) is 0 Å². The summed E-state index contributed by atoms with van der Waals surface area (Å²) in [5, 5.41) is 13.7. The Labute approximate surface area is 154 Å². The van der Waals surface area contributed by atoms with Crippen molar-refractivity contribution in [3.05, 3.63) is 47.5 Å². The Morgan fingerprint density at radius 2 is 1.77 bits per heavy atom. The third kappa shape index (κ3) is 4.09. The fourth-order valence-electron chi connectivity index (χ4n) is 2.23. The van der Waals surface area contributed by atoms with Crippen molar-refractivity contribution in [2.45, 2.75) is 20.0 Å². The molecule has 2 aromatic carbocycles. The monoisotopic (exact) mass is 373 g/mol. The van der Waals surface area contributed by atoms with Gasteiger partial charge in [-0.1, -0.05) is 16.4 Å². The molecular weight excluding hydrogens is 358 g/mol. The van der Waals surface area contributed by atoms with E-state index in [2.05, 4.69) is 20.9 Å². The van der Waals surface area contributed by atoms with Gasteiger partial charge in [-0.25, -0.2) is 0 Å². The van der Waals surface area contributed by atoms with Crippen molar-refractivity contribution in [2.24, 2.45) is 0 Å². The highest BCUT2D eigenvalue weighted by Gasteiger charge is 2.17. The predicted octanol–water partition coefficient (Wildman–Crippen LogP) is 2.50. The van der Waals surface area contributed by atoms with Gasteiger partial charge in [-0.2, -0.15) is 0 Å². The van der Waals surface area contributed by atoms with E-state index in [9.17, 15) is 9.59 Å². The van der Waals surface area contributed by atoms with Gasteiger partial charge in [-0.15, -0.1) is 5.10 Å². The van der Waals surface area contributed by atoms with Gasteiger partial charge in [0, 0.05) is 23.3 Å². The molecule has 2 N–H and O–H groups in total. The molecule has 0 unspecified atom stereocenters. The lowest BCUT2D eigenvalue weighted by Crippen LogP contribution is -2.35. The van der Waals surface area contributed by atoms with Gasteiger partial charge >= 0.3 is 0 Å². The first-order valence-electron chi connectivity index (χ1n) is 7.79. The van der Waals surface area contributed by atoms with Crippen LogP contribution in [0.25, 0.3) is 11.0 Å². The van der Waals surface area contributed by atoms with Gasteiger partial charge in [0.05, 0.1) is 0 Å². The largest absolute Gasteiger partial charge is 0.382 e. The normalized spacial score (nSPS) is 11.8. The molecule has 0 aliphatic carbocycles. The Bertz CT molecular complexity index is 955. The fourth-order valence-corrected chi connectivity index (χ4v) is 2.40. The molecular formula is C17H16ClN5O3. The van der Waals surface area contributed by atoms with Gasteiger partial charge < -0.3 is 15.5 Å². The summed E-state index contributed by atoms with van der Waals surface area (Å²) in [6.07, 6.45) is -0.825. The molecule has 1 aromatic heterocycles. The van der Waals surface area contributed by atoms with Crippen molar-refractivity contribution in [2.75, 3.05) is 10.6 Å². The average Bonchev–Trinajstić information content (AvgIpc) is 2.98. The molecule has 0 saturated carbocycles. The Balaban J connectivity index is 1.65. The number of benzene rings is 2. The lowest BCUT2D eigenvalue weighted by atomic mass is 10.2. The molecule has 8 nitrogen and oxygen atoms in total. The van der Waals surface area contributed by atoms with Gasteiger partial charge in [0.15, 0.2) is 0 Å². The third-order valence-corrected chi connectivity index (χ3v) is 3.71. The van der Waals surface area contributed by atoms with E-state index in [-0.39, 0.29) is 11.8 Å². The predicted molar refractivity (Wildman–Crippen MR) is 98.0 cm³/mol. The van der Waals surface area contributed by atoms with Crippen LogP contribution in [0.3, 0.4) is 0 Å². The number of fused-ring (bicyclic) bond motifs is 1. The second-order valence-electron chi connectivity index (χ2n) is 5.59. The molecule has 3 rings (SSSR count). The molecule has 0 saturated heterocycles. The number of rotatable bonds is 5. The number of aromatic nitrogens is 3. The number of amides is 2. The lowest BCUT2D eigenvalue weighted by Gasteiger charge is -2.14. The van der Waals surface area contributed by atoms with Crippen LogP contribution < -0.4 is 15.5 Å². The molecule has 0 fully saturated rings. The maximum absolute atomic E-state index is 12.3. The Hall–Kier alpha value is -3.13. The molecule has 1 heterocycles. The summed E-state index contributed by atoms with van der Waals surface area (Å²) in [6, 6.07) is 11.8. The van der Waals surface area contributed by atoms with Crippen LogP contribution in [0.15, 0.2) is 42.5 Å². The lowest BCUT2D eigenvalue weighted by molar-refractivity contribution is -0.127. The van der Waals surface area contributed by atoms with Gasteiger partial charge in [0.2, 0.25) is 12.0 Å². The number of nitrogens with one attached hydrogen (secondary N) is 2. The van der Waals surface area contributed by atoms with Crippen LogP contribution in [0.5, 0.6) is 0 Å². The summed E-state index contributed by atoms with van der Waals surface area (Å²) < 4.78 is 0. The van der Waals surface area contributed by atoms with E-state index in [0.29, 0.717) is 27.4 Å². The first-order valence-corrected chi connectivity index (χ1v) is 8.17. The summed E-state index contributed by atoms with van der Waals surface area (Å²) in [4.78, 5) is 30.0. The van der Waals surface area contributed by atoms with Crippen molar-refractivity contribution >= 4 is 45.8 Å². The molecule has 134 valence electrons. The van der Waals surface area contributed by atoms with Crippen LogP contribution in [0, 0.1) is 0 Å². The van der Waals surface area contributed by atoms with E-state index in [1.807, 2.05) is 0 Å². The number of halogens is 1. The van der Waals surface area contributed by atoms with Crippen molar-refractivity contribution in [1.82, 2.24) is 15.2 Å². The van der Waals surface area contributed by atoms with Crippen LogP contribution in [-0.2, 0) is 9.59 Å². The number of nitrogens with zero attached hydrogens (tertiary/aromatic N) is 3. The Kier molecular flexibility index (Phi) is 5.04. The SMILES string of the molecule is CC(=O)Nc1ccc(NC(=O)[C@H](C)On2nnc3ccc(Cl)cc32)cc1. The summed E-state index contributed by atoms with van der Waals surface area (Å²) >= 11 is 5.97. The molecule has 3 aromatic rings. The first-order chi connectivity index (χ1) is 12.4. The topological polar surface area (TPSA) is 98.1 Å². The van der Waals surface area contributed by atoms with E-state index < -0.39 is 6.10 Å². The van der Waals surface area contributed by atoms with Crippen molar-refractivity contribution in [3.63, 3.8) is 0 Å². The quantitative estimate of drug-likeness (QED) is 0.716. The highest BCUT2D eigenvalue weighted by molar-refractivity contribution is 6.31. The minimum atomic E-state index is -0.825. The maximum Gasteiger partial charge on any atom is 0.267 e. The summed E-state index contributed by atoms with van der Waals surface area (Å²) in [5.41, 5.74) is 2.39. The molecule has 2 amide bonds. The molecule has 0 aliphatic heterocycles. The van der Waals surface area contributed by atoms with E-state index >= 15 is 0 Å². The summed E-state index contributed by atoms with van der Waals surface area (Å²) in [5.74, 6) is -0.521. The van der Waals surface area contributed by atoms with Crippen LogP contribution in [0.1, 0.15) is 13.8 Å². The Morgan fingerprint density at radius 1 is 1.12 bits per heavy atom. The van der Waals surface area contributed by atoms with Crippen molar-refractivity contribution < 1.29 is 14.4 Å². The van der Waals surface area contributed by atoms with Gasteiger partial charge in [0.1, 0.15) is 11.0 Å². The van der Waals surface area contributed by atoms with Crippen molar-refractivity contribution in [3.8, 4) is 0 Å². The van der Waals surface area contributed by atoms with Gasteiger partial charge in [0.25, 0.3) is 5.91 Å². The summed E-state index contributed by atoms with van der Waals surface area (Å²) in [6.45, 7) is 3.02. The zero-order valence-electron chi connectivity index (χ0n) is 14.1. The number of carbonyl (C=O) groups excluding carboxylic acids is 2. The number of hydrogen-bond acceptors (Lipinski definition) is 5. The number of anilines is 2. The smallest absolute Gasteiger partial charge is 0.267 e. The molecule has 0 bridgehead atoms. The van der Waals surface area contributed by atoms with E-state index in [4.69, 9.17) is 16.4 Å². The molecule has 9 heteroatoms. The molecule has 0 spiro atoms. The van der Waals surface area contributed by atoms with E-state index in [0.717, 1.165) is 0 Å². The van der Waals surface area contributed by atoms with E-state index in [1.165, 1.54) is 11.8 Å². The van der Waals surface area contributed by atoms with E-state index in [1.54, 1.807) is 49.4 Å². The second kappa shape index (κ2) is 7.40. The molecule has 26 heavy (non-hydrogen) atoms. The number of hydrogen-bond donors (Lipinski definition) is 2. The Morgan fingerprint density at radius 3 is 2.42 bits per heavy atom. The standard InChI is InChI=1S/C17H16ClN5O3/c1-10(26-23-16-9-12(18)3-8-15(16)21-22-23)17(25)20-14-6-4-13(5-7-14)19-11(2)24/h3-10H,1-2H3,(H,19,24)(H,20,25)/t10-/m0/s1. The summed E-state index contributed by atoms with van der Waals surface area (Å²) in [7, 11) is 0. The van der Waals surface area contributed by atoms with Gasteiger partial charge in [-0.05, 0) is 54.6 Å². The zero-order valence-corrected chi connectivity index (χ0v) is 14.8. The highest BCUT2D eigenvalue weighted by atomic mass is 35.5. The molecule has 0 aliphatic rings. The minimum absolute atomic E-state index is 0.163.